The Morgan fingerprint density at radius 2 is 2.06 bits per heavy atom. The number of rotatable bonds is 7. The van der Waals surface area contributed by atoms with Crippen LogP contribution in [0.2, 0.25) is 0 Å². The van der Waals surface area contributed by atoms with Crippen molar-refractivity contribution in [1.82, 2.24) is 5.32 Å². The van der Waals surface area contributed by atoms with Crippen molar-refractivity contribution in [3.63, 3.8) is 0 Å². The third kappa shape index (κ3) is 4.35. The van der Waals surface area contributed by atoms with Crippen LogP contribution in [0.3, 0.4) is 0 Å². The zero-order chi connectivity index (χ0) is 12.7. The van der Waals surface area contributed by atoms with E-state index in [9.17, 15) is 4.39 Å². The van der Waals surface area contributed by atoms with Gasteiger partial charge in [0.15, 0.2) is 0 Å². The van der Waals surface area contributed by atoms with Crippen LogP contribution in [-0.2, 0) is 4.74 Å². The Bertz CT molecular complexity index is 250. The number of ether oxygens (including phenoxy) is 1. The maximum atomic E-state index is 13.5. The molecule has 0 spiro atoms. The van der Waals surface area contributed by atoms with Gasteiger partial charge in [-0.25, -0.2) is 4.39 Å². The number of hydrogen-bond acceptors (Lipinski definition) is 2. The summed E-state index contributed by atoms with van der Waals surface area (Å²) in [6.07, 6.45) is 2.30. The largest absolute Gasteiger partial charge is 0.383 e. The van der Waals surface area contributed by atoms with Crippen molar-refractivity contribution in [3.05, 3.63) is 24.2 Å². The number of nitrogens with one attached hydrogen (secondary N) is 1. The smallest absolute Gasteiger partial charge is 0.101 e. The molecular weight excluding hydrogens is 205 g/mol. The topological polar surface area (TPSA) is 21.3 Å². The Balaban J connectivity index is 4.46. The van der Waals surface area contributed by atoms with E-state index in [-0.39, 0.29) is 23.9 Å². The molecule has 3 heteroatoms. The summed E-state index contributed by atoms with van der Waals surface area (Å²) in [5.41, 5.74) is 0.796. The molecule has 0 bridgehead atoms. The van der Waals surface area contributed by atoms with Gasteiger partial charge in [0, 0.05) is 24.8 Å². The van der Waals surface area contributed by atoms with Gasteiger partial charge in [-0.3, -0.25) is 0 Å². The Labute approximate surface area is 98.6 Å². The van der Waals surface area contributed by atoms with E-state index < -0.39 is 0 Å². The second-order valence-corrected chi connectivity index (χ2v) is 4.02. The minimum Gasteiger partial charge on any atom is -0.383 e. The average molecular weight is 229 g/mol. The molecule has 94 valence electrons. The van der Waals surface area contributed by atoms with E-state index in [4.69, 9.17) is 4.74 Å². The highest BCUT2D eigenvalue weighted by Gasteiger charge is 2.20. The average Bonchev–Trinajstić information content (AvgIpc) is 2.32. The summed E-state index contributed by atoms with van der Waals surface area (Å²) in [5, 5.41) is 3.23. The zero-order valence-electron chi connectivity index (χ0n) is 11.0. The highest BCUT2D eigenvalue weighted by Crippen LogP contribution is 2.19. The molecule has 0 aromatic heterocycles. The van der Waals surface area contributed by atoms with Crippen LogP contribution in [0.1, 0.15) is 34.1 Å². The molecule has 16 heavy (non-hydrogen) atoms. The van der Waals surface area contributed by atoms with E-state index in [1.807, 2.05) is 20.8 Å². The van der Waals surface area contributed by atoms with Gasteiger partial charge in [0.1, 0.15) is 5.83 Å². The lowest BCUT2D eigenvalue weighted by Gasteiger charge is -2.27. The molecule has 0 saturated heterocycles. The molecule has 0 saturated carbocycles. The summed E-state index contributed by atoms with van der Waals surface area (Å²) >= 11 is 0. The van der Waals surface area contributed by atoms with Gasteiger partial charge in [-0.05, 0) is 20.3 Å². The van der Waals surface area contributed by atoms with Crippen LogP contribution in [0.4, 0.5) is 4.39 Å². The van der Waals surface area contributed by atoms with Crippen LogP contribution < -0.4 is 5.32 Å². The summed E-state index contributed by atoms with van der Waals surface area (Å²) in [5.74, 6) is -0.229. The third-order valence-corrected chi connectivity index (χ3v) is 2.97. The molecule has 0 aromatic carbocycles. The fourth-order valence-electron chi connectivity index (χ4n) is 1.53. The molecule has 0 aliphatic heterocycles. The summed E-state index contributed by atoms with van der Waals surface area (Å²) in [6.45, 7) is 11.4. The van der Waals surface area contributed by atoms with Crippen LogP contribution in [0.5, 0.6) is 0 Å². The molecule has 0 aliphatic carbocycles. The normalized spacial score (nSPS) is 17.8. The molecule has 3 atom stereocenters. The lowest BCUT2D eigenvalue weighted by atomic mass is 9.97. The molecule has 0 aromatic rings. The molecule has 0 amide bonds. The highest BCUT2D eigenvalue weighted by molar-refractivity contribution is 5.05. The van der Waals surface area contributed by atoms with Crippen molar-refractivity contribution in [3.8, 4) is 0 Å². The van der Waals surface area contributed by atoms with Crippen molar-refractivity contribution in [1.29, 1.82) is 0 Å². The lowest BCUT2D eigenvalue weighted by Crippen LogP contribution is -2.37. The van der Waals surface area contributed by atoms with Gasteiger partial charge in [-0.15, -0.1) is 0 Å². The Morgan fingerprint density at radius 3 is 2.44 bits per heavy atom. The quantitative estimate of drug-likeness (QED) is 0.722. The van der Waals surface area contributed by atoms with Gasteiger partial charge in [-0.2, -0.15) is 0 Å². The van der Waals surface area contributed by atoms with Gasteiger partial charge in [0.05, 0.1) is 6.10 Å². The standard InChI is InChI=1S/C13H24FNO/c1-7-12(14)9(3)13(8-2)15-10(4)11(5)16-6/h7,9,11,13,15H,4,8H2,1-3,5-6H3/b12-7+/t9-,11-,13-/m0/s1. The van der Waals surface area contributed by atoms with Crippen molar-refractivity contribution < 1.29 is 9.13 Å². The van der Waals surface area contributed by atoms with E-state index in [2.05, 4.69) is 11.9 Å². The van der Waals surface area contributed by atoms with E-state index in [1.54, 1.807) is 14.0 Å². The maximum absolute atomic E-state index is 13.5. The van der Waals surface area contributed by atoms with Crippen molar-refractivity contribution in [2.45, 2.75) is 46.3 Å². The highest BCUT2D eigenvalue weighted by atomic mass is 19.1. The van der Waals surface area contributed by atoms with Crippen LogP contribution >= 0.6 is 0 Å². The van der Waals surface area contributed by atoms with Crippen LogP contribution in [0, 0.1) is 5.92 Å². The van der Waals surface area contributed by atoms with Crippen LogP contribution in [0.15, 0.2) is 24.2 Å². The SMILES string of the molecule is C=C(N[C@@H](CC)[C@@H](C)/C(F)=C\C)[C@H](C)OC. The van der Waals surface area contributed by atoms with Crippen LogP contribution in [0.25, 0.3) is 0 Å². The second-order valence-electron chi connectivity index (χ2n) is 4.02. The van der Waals surface area contributed by atoms with Gasteiger partial charge >= 0.3 is 0 Å². The third-order valence-electron chi connectivity index (χ3n) is 2.97. The van der Waals surface area contributed by atoms with Crippen molar-refractivity contribution in [2.24, 2.45) is 5.92 Å². The van der Waals surface area contributed by atoms with Gasteiger partial charge in [-0.1, -0.05) is 26.5 Å². The zero-order valence-corrected chi connectivity index (χ0v) is 11.0. The number of hydrogen-bond donors (Lipinski definition) is 1. The Hall–Kier alpha value is -0.830. The molecule has 0 rings (SSSR count). The predicted octanol–water partition coefficient (Wildman–Crippen LogP) is 3.41. The monoisotopic (exact) mass is 229 g/mol. The number of halogens is 1. The fourth-order valence-corrected chi connectivity index (χ4v) is 1.53. The molecule has 0 fully saturated rings. The van der Waals surface area contributed by atoms with Gasteiger partial charge in [0.2, 0.25) is 0 Å². The first-order valence-electron chi connectivity index (χ1n) is 5.77. The van der Waals surface area contributed by atoms with E-state index >= 15 is 0 Å². The van der Waals surface area contributed by atoms with Crippen molar-refractivity contribution in [2.75, 3.05) is 7.11 Å². The molecule has 0 unspecified atom stereocenters. The molecule has 1 N–H and O–H groups in total. The fraction of sp³-hybridized carbons (Fsp3) is 0.692. The minimum absolute atomic E-state index is 0.0568. The summed E-state index contributed by atoms with van der Waals surface area (Å²) in [7, 11) is 1.63. The molecule has 0 radical (unpaired) electrons. The van der Waals surface area contributed by atoms with E-state index in [0.717, 1.165) is 12.1 Å². The second kappa shape index (κ2) is 7.44. The molecule has 0 heterocycles. The predicted molar refractivity (Wildman–Crippen MR) is 66.9 cm³/mol. The molecule has 0 aliphatic rings. The first kappa shape index (κ1) is 15.2. The maximum Gasteiger partial charge on any atom is 0.101 e. The van der Waals surface area contributed by atoms with E-state index in [0.29, 0.717) is 0 Å². The van der Waals surface area contributed by atoms with Gasteiger partial charge < -0.3 is 10.1 Å². The number of methoxy groups -OCH3 is 1. The van der Waals surface area contributed by atoms with Crippen molar-refractivity contribution >= 4 is 0 Å². The summed E-state index contributed by atoms with van der Waals surface area (Å²) in [4.78, 5) is 0. The lowest BCUT2D eigenvalue weighted by molar-refractivity contribution is 0.137. The summed E-state index contributed by atoms with van der Waals surface area (Å²) < 4.78 is 18.6. The Kier molecular flexibility index (Phi) is 7.06. The first-order valence-corrected chi connectivity index (χ1v) is 5.77. The minimum atomic E-state index is -0.143. The van der Waals surface area contributed by atoms with Crippen LogP contribution in [-0.4, -0.2) is 19.3 Å². The number of allylic oxidation sites excluding steroid dienone is 1. The van der Waals surface area contributed by atoms with E-state index in [1.165, 1.54) is 6.08 Å². The molecular formula is C13H24FNO. The Morgan fingerprint density at radius 1 is 1.50 bits per heavy atom. The summed E-state index contributed by atoms with van der Waals surface area (Å²) in [6, 6.07) is 0.0568. The first-order chi connectivity index (χ1) is 7.47. The van der Waals surface area contributed by atoms with Gasteiger partial charge in [0.25, 0.3) is 0 Å². The molecule has 2 nitrogen and oxygen atoms in total.